The van der Waals surface area contributed by atoms with Gasteiger partial charge in [0.1, 0.15) is 5.69 Å². The molecular formula is C15H20N4O5S. The van der Waals surface area contributed by atoms with Crippen molar-refractivity contribution in [3.63, 3.8) is 0 Å². The van der Waals surface area contributed by atoms with Crippen molar-refractivity contribution < 1.29 is 23.1 Å². The molecule has 1 aromatic rings. The van der Waals surface area contributed by atoms with E-state index in [-0.39, 0.29) is 42.6 Å². The summed E-state index contributed by atoms with van der Waals surface area (Å²) in [5.74, 6) is -1.09. The lowest BCUT2D eigenvalue weighted by molar-refractivity contribution is -0.135. The summed E-state index contributed by atoms with van der Waals surface area (Å²) in [7, 11) is -3.05. The van der Waals surface area contributed by atoms with E-state index >= 15 is 0 Å². The number of amides is 2. The number of carbonyl (C=O) groups excluding carboxylic acids is 2. The Morgan fingerprint density at radius 1 is 1.20 bits per heavy atom. The van der Waals surface area contributed by atoms with Crippen LogP contribution in [0.4, 0.5) is 0 Å². The molecule has 2 amide bonds. The predicted octanol–water partition coefficient (Wildman–Crippen LogP) is -1.40. The van der Waals surface area contributed by atoms with Crippen LogP contribution in [0.2, 0.25) is 0 Å². The highest BCUT2D eigenvalue weighted by Crippen LogP contribution is 2.28. The molecule has 0 unspecified atom stereocenters. The van der Waals surface area contributed by atoms with Crippen LogP contribution in [0.25, 0.3) is 0 Å². The summed E-state index contributed by atoms with van der Waals surface area (Å²) in [6.07, 6.45) is 3.91. The van der Waals surface area contributed by atoms with Crippen molar-refractivity contribution in [3.8, 4) is 0 Å². The maximum Gasteiger partial charge on any atom is 0.271 e. The van der Waals surface area contributed by atoms with Crippen LogP contribution in [-0.2, 0) is 14.6 Å². The molecule has 1 saturated carbocycles. The van der Waals surface area contributed by atoms with E-state index < -0.39 is 33.8 Å². The molecule has 0 aromatic carbocycles. The third-order valence-corrected chi connectivity index (χ3v) is 6.26. The summed E-state index contributed by atoms with van der Waals surface area (Å²) in [4.78, 5) is 33.9. The van der Waals surface area contributed by atoms with Crippen molar-refractivity contribution in [2.45, 2.75) is 25.0 Å². The highest BCUT2D eigenvalue weighted by atomic mass is 32.2. The number of aromatic nitrogens is 2. The van der Waals surface area contributed by atoms with Gasteiger partial charge in [-0.3, -0.25) is 14.6 Å². The van der Waals surface area contributed by atoms with Crippen LogP contribution in [0.1, 0.15) is 23.3 Å². The minimum absolute atomic E-state index is 0.0269. The number of rotatable bonds is 3. The summed E-state index contributed by atoms with van der Waals surface area (Å²) in [5, 5.41) is 12.9. The maximum atomic E-state index is 12.5. The molecule has 2 aliphatic rings. The van der Waals surface area contributed by atoms with Crippen molar-refractivity contribution in [1.82, 2.24) is 20.2 Å². The fraction of sp³-hybridized carbons (Fsp3) is 0.600. The molecule has 1 aliphatic carbocycles. The first kappa shape index (κ1) is 17.7. The average molecular weight is 368 g/mol. The highest BCUT2D eigenvalue weighted by Gasteiger charge is 2.40. The number of nitrogens with one attached hydrogen (secondary N) is 1. The van der Waals surface area contributed by atoms with Gasteiger partial charge in [0.05, 0.1) is 29.8 Å². The van der Waals surface area contributed by atoms with Crippen LogP contribution >= 0.6 is 0 Å². The smallest absolute Gasteiger partial charge is 0.271 e. The van der Waals surface area contributed by atoms with Crippen LogP contribution in [0.3, 0.4) is 0 Å². The molecule has 0 radical (unpaired) electrons. The van der Waals surface area contributed by atoms with Gasteiger partial charge in [-0.2, -0.15) is 0 Å². The molecule has 2 fully saturated rings. The van der Waals surface area contributed by atoms with Gasteiger partial charge in [-0.25, -0.2) is 13.4 Å². The molecule has 0 spiro atoms. The molecule has 3 rings (SSSR count). The third-order valence-electron chi connectivity index (χ3n) is 4.65. The molecule has 136 valence electrons. The lowest BCUT2D eigenvalue weighted by Crippen LogP contribution is -2.46. The van der Waals surface area contributed by atoms with E-state index in [1.165, 1.54) is 23.5 Å². The Morgan fingerprint density at radius 3 is 2.56 bits per heavy atom. The van der Waals surface area contributed by atoms with Gasteiger partial charge in [-0.05, 0) is 12.8 Å². The van der Waals surface area contributed by atoms with E-state index in [0.29, 0.717) is 6.42 Å². The minimum atomic E-state index is -3.05. The molecule has 3 atom stereocenters. The molecule has 2 heterocycles. The highest BCUT2D eigenvalue weighted by molar-refractivity contribution is 7.91. The van der Waals surface area contributed by atoms with Crippen LogP contribution in [0, 0.1) is 5.92 Å². The first-order valence-corrected chi connectivity index (χ1v) is 9.92. The van der Waals surface area contributed by atoms with Gasteiger partial charge in [0.2, 0.25) is 5.91 Å². The Hall–Kier alpha value is -2.07. The van der Waals surface area contributed by atoms with Gasteiger partial charge >= 0.3 is 0 Å². The predicted molar refractivity (Wildman–Crippen MR) is 87.3 cm³/mol. The van der Waals surface area contributed by atoms with Gasteiger partial charge in [0.15, 0.2) is 9.84 Å². The van der Waals surface area contributed by atoms with Crippen LogP contribution < -0.4 is 5.32 Å². The molecule has 1 aromatic heterocycles. The lowest BCUT2D eigenvalue weighted by Gasteiger charge is -2.29. The molecule has 0 bridgehead atoms. The average Bonchev–Trinajstić information content (AvgIpc) is 2.96. The van der Waals surface area contributed by atoms with Crippen molar-refractivity contribution in [2.75, 3.05) is 24.6 Å². The summed E-state index contributed by atoms with van der Waals surface area (Å²) < 4.78 is 22.9. The molecular weight excluding hydrogens is 348 g/mol. The van der Waals surface area contributed by atoms with E-state index in [0.717, 1.165) is 0 Å². The zero-order valence-corrected chi connectivity index (χ0v) is 14.4. The molecule has 10 heteroatoms. The lowest BCUT2D eigenvalue weighted by atomic mass is 10.1. The van der Waals surface area contributed by atoms with Gasteiger partial charge in [-0.15, -0.1) is 0 Å². The second-order valence-corrected chi connectivity index (χ2v) is 8.69. The summed E-state index contributed by atoms with van der Waals surface area (Å²) in [6, 6.07) is -0.544. The Morgan fingerprint density at radius 2 is 1.92 bits per heavy atom. The van der Waals surface area contributed by atoms with Gasteiger partial charge in [-0.1, -0.05) is 0 Å². The number of aliphatic hydroxyl groups is 1. The zero-order valence-electron chi connectivity index (χ0n) is 13.5. The maximum absolute atomic E-state index is 12.5. The van der Waals surface area contributed by atoms with Crippen molar-refractivity contribution in [3.05, 3.63) is 24.3 Å². The Kier molecular flexibility index (Phi) is 5.00. The largest absolute Gasteiger partial charge is 0.391 e. The molecule has 1 aliphatic heterocycles. The quantitative estimate of drug-likeness (QED) is 0.671. The number of hydrogen-bond acceptors (Lipinski definition) is 7. The van der Waals surface area contributed by atoms with Gasteiger partial charge in [0, 0.05) is 31.4 Å². The Bertz CT molecular complexity index is 740. The molecule has 2 N–H and O–H groups in total. The second-order valence-electron chi connectivity index (χ2n) is 6.38. The van der Waals surface area contributed by atoms with Gasteiger partial charge < -0.3 is 15.3 Å². The van der Waals surface area contributed by atoms with Crippen LogP contribution in [0.5, 0.6) is 0 Å². The summed E-state index contributed by atoms with van der Waals surface area (Å²) >= 11 is 0. The fourth-order valence-corrected chi connectivity index (χ4v) is 4.42. The zero-order chi connectivity index (χ0) is 18.0. The normalized spacial score (nSPS) is 28.5. The van der Waals surface area contributed by atoms with E-state index in [2.05, 4.69) is 15.3 Å². The van der Waals surface area contributed by atoms with E-state index in [1.54, 1.807) is 0 Å². The summed E-state index contributed by atoms with van der Waals surface area (Å²) in [6.45, 7) is 0.370. The standard InChI is InChI=1S/C15H20N4O5S/c20-13-8-10(15(22)19-3-5-25(23,24)6-4-19)7-11(13)18-14(21)12-9-16-1-2-17-12/h1-2,9-11,13,20H,3-8H2,(H,18,21)/t10-,11+,13+/m0/s1. The Balaban J connectivity index is 1.58. The number of sulfone groups is 1. The number of aliphatic hydroxyl groups excluding tert-OH is 1. The van der Waals surface area contributed by atoms with Crippen molar-refractivity contribution >= 4 is 21.7 Å². The Labute approximate surface area is 145 Å². The number of hydrogen-bond donors (Lipinski definition) is 2. The van der Waals surface area contributed by atoms with Crippen molar-refractivity contribution in [1.29, 1.82) is 0 Å². The SMILES string of the molecule is O=C(N[C@@H]1C[C@H](C(=O)N2CCS(=O)(=O)CC2)C[C@H]1O)c1cnccn1. The third kappa shape index (κ3) is 4.13. The van der Waals surface area contributed by atoms with E-state index in [1.807, 2.05) is 0 Å². The van der Waals surface area contributed by atoms with E-state index in [9.17, 15) is 23.1 Å². The minimum Gasteiger partial charge on any atom is -0.391 e. The first-order chi connectivity index (χ1) is 11.9. The second kappa shape index (κ2) is 7.04. The molecule has 9 nitrogen and oxygen atoms in total. The number of carbonyl (C=O) groups is 2. The van der Waals surface area contributed by atoms with Crippen molar-refractivity contribution in [2.24, 2.45) is 5.92 Å². The monoisotopic (exact) mass is 368 g/mol. The molecule has 25 heavy (non-hydrogen) atoms. The number of nitrogens with zero attached hydrogens (tertiary/aromatic N) is 3. The van der Waals surface area contributed by atoms with Gasteiger partial charge in [0.25, 0.3) is 5.91 Å². The van der Waals surface area contributed by atoms with E-state index in [4.69, 9.17) is 0 Å². The van der Waals surface area contributed by atoms with Crippen LogP contribution in [-0.4, -0.2) is 76.9 Å². The summed E-state index contributed by atoms with van der Waals surface area (Å²) in [5.41, 5.74) is 0.144. The first-order valence-electron chi connectivity index (χ1n) is 8.10. The van der Waals surface area contributed by atoms with Crippen LogP contribution in [0.15, 0.2) is 18.6 Å². The topological polar surface area (TPSA) is 130 Å². The fourth-order valence-electron chi connectivity index (χ4n) is 3.22. The molecule has 1 saturated heterocycles.